The number of likely N-dealkylation sites (tertiary alicyclic amines) is 1. The van der Waals surface area contributed by atoms with E-state index in [1.807, 2.05) is 34.6 Å². The lowest BCUT2D eigenvalue weighted by molar-refractivity contribution is -0.150. The minimum Gasteiger partial charge on any atom is -0.466 e. The average Bonchev–Trinajstić information content (AvgIpc) is 2.56. The van der Waals surface area contributed by atoms with Crippen molar-refractivity contribution in [3.63, 3.8) is 0 Å². The maximum Gasteiger partial charge on any atom is 0.410 e. The Balaban J connectivity index is 2.33. The van der Waals surface area contributed by atoms with Crippen molar-refractivity contribution >= 4 is 12.1 Å². The van der Waals surface area contributed by atoms with Crippen LogP contribution in [0.25, 0.3) is 0 Å². The van der Waals surface area contributed by atoms with Crippen molar-refractivity contribution in [3.8, 4) is 0 Å². The molecule has 1 fully saturated rings. The number of pyridine rings is 1. The number of nitrogens with zero attached hydrogens (tertiary/aromatic N) is 1. The highest BCUT2D eigenvalue weighted by molar-refractivity contribution is 5.76. The van der Waals surface area contributed by atoms with Gasteiger partial charge >= 0.3 is 12.1 Å². The van der Waals surface area contributed by atoms with E-state index in [0.717, 1.165) is 16.8 Å². The van der Waals surface area contributed by atoms with Gasteiger partial charge in [0.1, 0.15) is 5.60 Å². The van der Waals surface area contributed by atoms with E-state index in [4.69, 9.17) is 9.47 Å². The number of hydrogen-bond donors (Lipinski definition) is 1. The maximum absolute atomic E-state index is 12.6. The highest BCUT2D eigenvalue weighted by Crippen LogP contribution is 2.36. The molecule has 1 amide bonds. The third-order valence-electron chi connectivity index (χ3n) is 4.85. The molecule has 150 valence electrons. The van der Waals surface area contributed by atoms with Crippen molar-refractivity contribution in [1.82, 2.24) is 9.88 Å². The molecule has 1 aromatic heterocycles. The van der Waals surface area contributed by atoms with E-state index in [-0.39, 0.29) is 30.6 Å². The zero-order valence-electron chi connectivity index (χ0n) is 17.0. The Kier molecular flexibility index (Phi) is 6.34. The number of H-pyrrole nitrogens is 1. The first-order valence-electron chi connectivity index (χ1n) is 9.38. The zero-order valence-corrected chi connectivity index (χ0v) is 17.0. The number of aromatic nitrogens is 1. The SMILES string of the molecule is CCOC(=O)[C@@H]1CN(C(=O)OC(C)(C)C)CC[C@H]1c1cc(=O)[nH]c(C)c1C. The van der Waals surface area contributed by atoms with Crippen molar-refractivity contribution < 1.29 is 19.1 Å². The fourth-order valence-electron chi connectivity index (χ4n) is 3.47. The van der Waals surface area contributed by atoms with Crippen LogP contribution in [0.3, 0.4) is 0 Å². The number of carbonyl (C=O) groups excluding carboxylic acids is 2. The van der Waals surface area contributed by atoms with Crippen LogP contribution in [0.1, 0.15) is 56.9 Å². The molecule has 0 radical (unpaired) electrons. The van der Waals surface area contributed by atoms with Crippen molar-refractivity contribution in [2.24, 2.45) is 5.92 Å². The van der Waals surface area contributed by atoms with Gasteiger partial charge in [-0.15, -0.1) is 0 Å². The Bertz CT molecular complexity index is 763. The Morgan fingerprint density at radius 1 is 1.30 bits per heavy atom. The van der Waals surface area contributed by atoms with Gasteiger partial charge in [0.15, 0.2) is 0 Å². The molecule has 2 rings (SSSR count). The summed E-state index contributed by atoms with van der Waals surface area (Å²) in [4.78, 5) is 41.4. The van der Waals surface area contributed by atoms with E-state index in [1.165, 1.54) is 0 Å². The molecule has 0 bridgehead atoms. The highest BCUT2D eigenvalue weighted by Gasteiger charge is 2.39. The predicted molar refractivity (Wildman–Crippen MR) is 102 cm³/mol. The molecule has 1 saturated heterocycles. The number of ether oxygens (including phenoxy) is 2. The minimum absolute atomic E-state index is 0.177. The summed E-state index contributed by atoms with van der Waals surface area (Å²) in [5.74, 6) is -1.07. The van der Waals surface area contributed by atoms with Gasteiger partial charge in [-0.3, -0.25) is 9.59 Å². The molecule has 1 aliphatic rings. The van der Waals surface area contributed by atoms with Crippen LogP contribution in [-0.2, 0) is 14.3 Å². The van der Waals surface area contributed by atoms with Crippen LogP contribution in [0, 0.1) is 19.8 Å². The summed E-state index contributed by atoms with van der Waals surface area (Å²) in [6, 6.07) is 1.56. The lowest BCUT2D eigenvalue weighted by Gasteiger charge is -2.38. The Labute approximate surface area is 160 Å². The molecule has 1 aromatic rings. The smallest absolute Gasteiger partial charge is 0.410 e. The van der Waals surface area contributed by atoms with Gasteiger partial charge in [0.2, 0.25) is 5.56 Å². The summed E-state index contributed by atoms with van der Waals surface area (Å²) >= 11 is 0. The summed E-state index contributed by atoms with van der Waals surface area (Å²) in [5, 5.41) is 0. The normalized spacial score (nSPS) is 20.3. The number of rotatable bonds is 3. The van der Waals surface area contributed by atoms with Crippen molar-refractivity contribution in [2.45, 2.75) is 59.5 Å². The predicted octanol–water partition coefficient (Wildman–Crippen LogP) is 2.90. The quantitative estimate of drug-likeness (QED) is 0.817. The van der Waals surface area contributed by atoms with Crippen LogP contribution in [0.2, 0.25) is 0 Å². The van der Waals surface area contributed by atoms with Gasteiger partial charge in [-0.05, 0) is 59.1 Å². The third-order valence-corrected chi connectivity index (χ3v) is 4.85. The molecule has 1 aliphatic heterocycles. The molecule has 27 heavy (non-hydrogen) atoms. The first-order chi connectivity index (χ1) is 12.5. The molecule has 2 heterocycles. The molecule has 1 N–H and O–H groups in total. The summed E-state index contributed by atoms with van der Waals surface area (Å²) in [7, 11) is 0. The van der Waals surface area contributed by atoms with E-state index in [9.17, 15) is 14.4 Å². The molecule has 2 atom stereocenters. The summed E-state index contributed by atoms with van der Waals surface area (Å²) in [5.41, 5.74) is 1.80. The third kappa shape index (κ3) is 5.11. The van der Waals surface area contributed by atoms with Crippen LogP contribution in [0.15, 0.2) is 10.9 Å². The zero-order chi connectivity index (χ0) is 20.4. The monoisotopic (exact) mass is 378 g/mol. The number of aromatic amines is 1. The van der Waals surface area contributed by atoms with Gasteiger partial charge in [0.05, 0.1) is 12.5 Å². The van der Waals surface area contributed by atoms with Crippen molar-refractivity contribution in [1.29, 1.82) is 0 Å². The van der Waals surface area contributed by atoms with Gasteiger partial charge in [0, 0.05) is 30.8 Å². The largest absolute Gasteiger partial charge is 0.466 e. The Morgan fingerprint density at radius 3 is 2.56 bits per heavy atom. The van der Waals surface area contributed by atoms with Gasteiger partial charge in [-0.1, -0.05) is 0 Å². The Hall–Kier alpha value is -2.31. The van der Waals surface area contributed by atoms with E-state index in [1.54, 1.807) is 17.9 Å². The second kappa shape index (κ2) is 8.15. The van der Waals surface area contributed by atoms with Crippen LogP contribution >= 0.6 is 0 Å². The minimum atomic E-state index is -0.603. The van der Waals surface area contributed by atoms with E-state index >= 15 is 0 Å². The van der Waals surface area contributed by atoms with E-state index in [2.05, 4.69) is 4.98 Å². The average molecular weight is 378 g/mol. The first kappa shape index (κ1) is 21.0. The van der Waals surface area contributed by atoms with E-state index in [0.29, 0.717) is 13.0 Å². The van der Waals surface area contributed by atoms with Gasteiger partial charge in [0.25, 0.3) is 0 Å². The molecular weight excluding hydrogens is 348 g/mol. The fourth-order valence-corrected chi connectivity index (χ4v) is 3.47. The van der Waals surface area contributed by atoms with Crippen LogP contribution < -0.4 is 5.56 Å². The van der Waals surface area contributed by atoms with Gasteiger partial charge < -0.3 is 19.4 Å². The number of esters is 1. The number of nitrogens with one attached hydrogen (secondary N) is 1. The molecule has 0 unspecified atom stereocenters. The maximum atomic E-state index is 12.6. The molecule has 0 aliphatic carbocycles. The van der Waals surface area contributed by atoms with Crippen LogP contribution in [-0.4, -0.2) is 47.2 Å². The molecular formula is C20H30N2O5. The van der Waals surface area contributed by atoms with E-state index < -0.39 is 17.6 Å². The molecule has 0 aromatic carbocycles. The Morgan fingerprint density at radius 2 is 1.96 bits per heavy atom. The second-order valence-corrected chi connectivity index (χ2v) is 8.02. The summed E-state index contributed by atoms with van der Waals surface area (Å²) in [6.45, 7) is 11.9. The van der Waals surface area contributed by atoms with Crippen LogP contribution in [0.5, 0.6) is 0 Å². The first-order valence-corrected chi connectivity index (χ1v) is 9.38. The van der Waals surface area contributed by atoms with Crippen molar-refractivity contribution in [2.75, 3.05) is 19.7 Å². The highest BCUT2D eigenvalue weighted by atomic mass is 16.6. The summed E-state index contributed by atoms with van der Waals surface area (Å²) in [6.07, 6.45) is 0.126. The van der Waals surface area contributed by atoms with Gasteiger partial charge in [-0.25, -0.2) is 4.79 Å². The lowest BCUT2D eigenvalue weighted by atomic mass is 9.79. The number of carbonyl (C=O) groups is 2. The number of piperidine rings is 1. The summed E-state index contributed by atoms with van der Waals surface area (Å²) < 4.78 is 10.7. The van der Waals surface area contributed by atoms with Gasteiger partial charge in [-0.2, -0.15) is 0 Å². The molecule has 0 spiro atoms. The molecule has 7 nitrogen and oxygen atoms in total. The fraction of sp³-hybridized carbons (Fsp3) is 0.650. The standard InChI is InChI=1S/C20H30N2O5/c1-7-26-18(24)16-11-22(19(25)27-20(4,5)6)9-8-14(16)15-10-17(23)21-13(3)12(15)2/h10,14,16H,7-9,11H2,1-6H3,(H,21,23)/t14-,16+/m0/s1. The van der Waals surface area contributed by atoms with Crippen molar-refractivity contribution in [3.05, 3.63) is 33.2 Å². The second-order valence-electron chi connectivity index (χ2n) is 8.02. The molecule has 0 saturated carbocycles. The number of aryl methyl sites for hydroxylation is 1. The molecule has 7 heteroatoms. The number of hydrogen-bond acceptors (Lipinski definition) is 5. The topological polar surface area (TPSA) is 88.7 Å². The van der Waals surface area contributed by atoms with Crippen LogP contribution in [0.4, 0.5) is 4.79 Å². The lowest BCUT2D eigenvalue weighted by Crippen LogP contribution is -2.48. The number of amides is 1.